The van der Waals surface area contributed by atoms with E-state index >= 15 is 0 Å². The molecule has 5 heteroatoms. The smallest absolute Gasteiger partial charge is 0.194 e. The van der Waals surface area contributed by atoms with Crippen molar-refractivity contribution in [1.29, 1.82) is 0 Å². The first-order chi connectivity index (χ1) is 9.83. The van der Waals surface area contributed by atoms with Crippen LogP contribution in [0.25, 0.3) is 0 Å². The number of pyridine rings is 1. The number of hydrogen-bond donors (Lipinski definition) is 1. The third-order valence-corrected chi connectivity index (χ3v) is 4.00. The van der Waals surface area contributed by atoms with E-state index in [9.17, 15) is 0 Å². The van der Waals surface area contributed by atoms with E-state index in [1.165, 1.54) is 24.8 Å². The Hall–Kier alpha value is -1.78. The summed E-state index contributed by atoms with van der Waals surface area (Å²) in [5.41, 5.74) is 1.20. The van der Waals surface area contributed by atoms with Gasteiger partial charge < -0.3 is 15.1 Å². The van der Waals surface area contributed by atoms with Crippen molar-refractivity contribution in [1.82, 2.24) is 15.2 Å². The second-order valence-corrected chi connectivity index (χ2v) is 5.55. The van der Waals surface area contributed by atoms with Gasteiger partial charge in [0.15, 0.2) is 5.96 Å². The van der Waals surface area contributed by atoms with Crippen molar-refractivity contribution < 1.29 is 0 Å². The molecular weight excluding hydrogens is 250 g/mol. The molecule has 1 N–H and O–H groups in total. The fourth-order valence-corrected chi connectivity index (χ4v) is 2.74. The van der Waals surface area contributed by atoms with Crippen LogP contribution in [0, 0.1) is 0 Å². The Morgan fingerprint density at radius 3 is 2.65 bits per heavy atom. The number of hydrogen-bond acceptors (Lipinski definition) is 5. The lowest BCUT2D eigenvalue weighted by Gasteiger charge is -2.27. The maximum absolute atomic E-state index is 4.60. The van der Waals surface area contributed by atoms with Crippen LogP contribution >= 0.6 is 0 Å². The summed E-state index contributed by atoms with van der Waals surface area (Å²) in [7, 11) is 2.07. The number of anilines is 1. The van der Waals surface area contributed by atoms with Gasteiger partial charge in [0, 0.05) is 39.4 Å². The molecule has 0 unspecified atom stereocenters. The van der Waals surface area contributed by atoms with Gasteiger partial charge in [0.1, 0.15) is 5.82 Å². The minimum absolute atomic E-state index is 0.788. The maximum Gasteiger partial charge on any atom is 0.194 e. The largest absolute Gasteiger partial charge is 0.357 e. The van der Waals surface area contributed by atoms with Gasteiger partial charge in [-0.3, -0.25) is 4.99 Å². The van der Waals surface area contributed by atoms with Crippen LogP contribution in [0.4, 0.5) is 5.82 Å². The predicted molar refractivity (Wildman–Crippen MR) is 82.1 cm³/mol. The van der Waals surface area contributed by atoms with Gasteiger partial charge in [-0.15, -0.1) is 0 Å². The zero-order valence-corrected chi connectivity index (χ0v) is 12.2. The Kier molecular flexibility index (Phi) is 4.04. The summed E-state index contributed by atoms with van der Waals surface area (Å²) in [5.74, 6) is 2.11. The van der Waals surface area contributed by atoms with Gasteiger partial charge in [0.2, 0.25) is 0 Å². The molecule has 0 spiro atoms. The van der Waals surface area contributed by atoms with E-state index in [1.807, 2.05) is 6.20 Å². The molecule has 2 aliphatic heterocycles. The van der Waals surface area contributed by atoms with Crippen LogP contribution in [-0.2, 0) is 6.54 Å². The zero-order valence-electron chi connectivity index (χ0n) is 12.2. The van der Waals surface area contributed by atoms with E-state index < -0.39 is 0 Å². The van der Waals surface area contributed by atoms with Crippen molar-refractivity contribution in [2.45, 2.75) is 25.8 Å². The van der Waals surface area contributed by atoms with Gasteiger partial charge in [-0.1, -0.05) is 6.07 Å². The van der Waals surface area contributed by atoms with Gasteiger partial charge in [-0.05, 0) is 30.9 Å². The average Bonchev–Trinajstić information content (AvgIpc) is 2.92. The molecule has 0 radical (unpaired) electrons. The number of piperidine rings is 1. The first-order valence-electron chi connectivity index (χ1n) is 7.52. The van der Waals surface area contributed by atoms with Crippen LogP contribution in [0.5, 0.6) is 0 Å². The van der Waals surface area contributed by atoms with Crippen LogP contribution in [0.2, 0.25) is 0 Å². The van der Waals surface area contributed by atoms with E-state index in [0.29, 0.717) is 0 Å². The van der Waals surface area contributed by atoms with Gasteiger partial charge in [0.05, 0.1) is 6.54 Å². The number of aliphatic imine (C=N–C) groups is 1. The molecule has 0 atom stereocenters. The minimum atomic E-state index is 0.788. The highest BCUT2D eigenvalue weighted by Crippen LogP contribution is 2.17. The number of nitrogens with zero attached hydrogens (tertiary/aromatic N) is 4. The highest BCUT2D eigenvalue weighted by molar-refractivity contribution is 5.81. The number of nitrogens with one attached hydrogen (secondary N) is 1. The van der Waals surface area contributed by atoms with Crippen molar-refractivity contribution in [3.63, 3.8) is 0 Å². The molecule has 0 saturated carbocycles. The molecule has 5 nitrogen and oxygen atoms in total. The zero-order chi connectivity index (χ0) is 13.8. The first kappa shape index (κ1) is 13.2. The molecule has 20 heavy (non-hydrogen) atoms. The first-order valence-corrected chi connectivity index (χ1v) is 7.52. The molecule has 1 saturated heterocycles. The lowest BCUT2D eigenvalue weighted by Crippen LogP contribution is -2.35. The van der Waals surface area contributed by atoms with Crippen LogP contribution in [0.1, 0.15) is 24.8 Å². The standard InChI is InChI=1S/C15H23N5/c1-19-10-7-16-15(19)18-12-13-5-6-14(17-11-13)20-8-3-2-4-9-20/h5-6,11H,2-4,7-10,12H2,1H3,(H,16,18). The van der Waals surface area contributed by atoms with E-state index in [2.05, 4.69) is 44.3 Å². The van der Waals surface area contributed by atoms with Crippen LogP contribution in [0.15, 0.2) is 23.3 Å². The molecular formula is C15H23N5. The predicted octanol–water partition coefficient (Wildman–Crippen LogP) is 1.46. The fourth-order valence-electron chi connectivity index (χ4n) is 2.74. The van der Waals surface area contributed by atoms with Crippen LogP contribution < -0.4 is 10.2 Å². The summed E-state index contributed by atoms with van der Waals surface area (Å²) in [6.07, 6.45) is 5.91. The summed E-state index contributed by atoms with van der Waals surface area (Å²) < 4.78 is 0. The number of guanidine groups is 1. The minimum Gasteiger partial charge on any atom is -0.357 e. The monoisotopic (exact) mass is 273 g/mol. The SMILES string of the molecule is CN1CCN=C1NCc1ccc(N2CCCCC2)nc1. The number of likely N-dealkylation sites (N-methyl/N-ethyl adjacent to an activating group) is 1. The van der Waals surface area contributed by atoms with E-state index in [0.717, 1.165) is 44.5 Å². The normalized spacial score (nSPS) is 19.1. The van der Waals surface area contributed by atoms with Gasteiger partial charge in [-0.2, -0.15) is 0 Å². The van der Waals surface area contributed by atoms with Crippen molar-refractivity contribution in [3.8, 4) is 0 Å². The lowest BCUT2D eigenvalue weighted by atomic mass is 10.1. The van der Waals surface area contributed by atoms with Crippen molar-refractivity contribution in [2.24, 2.45) is 4.99 Å². The molecule has 1 aromatic rings. The Morgan fingerprint density at radius 1 is 1.15 bits per heavy atom. The average molecular weight is 273 g/mol. The topological polar surface area (TPSA) is 43.8 Å². The third kappa shape index (κ3) is 3.03. The molecule has 1 aromatic heterocycles. The van der Waals surface area contributed by atoms with Crippen LogP contribution in [0.3, 0.4) is 0 Å². The van der Waals surface area contributed by atoms with Gasteiger partial charge in [-0.25, -0.2) is 4.98 Å². The van der Waals surface area contributed by atoms with Crippen molar-refractivity contribution in [2.75, 3.05) is 38.1 Å². The molecule has 0 amide bonds. The molecule has 2 aliphatic rings. The second kappa shape index (κ2) is 6.11. The number of rotatable bonds is 3. The van der Waals surface area contributed by atoms with Crippen molar-refractivity contribution in [3.05, 3.63) is 23.9 Å². The second-order valence-electron chi connectivity index (χ2n) is 5.55. The Labute approximate surface area is 120 Å². The Balaban J connectivity index is 1.55. The molecule has 0 aliphatic carbocycles. The molecule has 0 bridgehead atoms. The molecule has 0 aromatic carbocycles. The summed E-state index contributed by atoms with van der Waals surface area (Å²) in [6, 6.07) is 4.31. The van der Waals surface area contributed by atoms with Gasteiger partial charge >= 0.3 is 0 Å². The van der Waals surface area contributed by atoms with E-state index in [1.54, 1.807) is 0 Å². The Bertz CT molecular complexity index is 462. The molecule has 3 rings (SSSR count). The van der Waals surface area contributed by atoms with E-state index in [-0.39, 0.29) is 0 Å². The summed E-state index contributed by atoms with van der Waals surface area (Å²) in [5, 5.41) is 3.37. The Morgan fingerprint density at radius 2 is 2.00 bits per heavy atom. The highest BCUT2D eigenvalue weighted by Gasteiger charge is 2.13. The summed E-state index contributed by atoms with van der Waals surface area (Å²) in [6.45, 7) is 4.98. The van der Waals surface area contributed by atoms with E-state index in [4.69, 9.17) is 0 Å². The van der Waals surface area contributed by atoms with Gasteiger partial charge in [0.25, 0.3) is 0 Å². The van der Waals surface area contributed by atoms with Crippen LogP contribution in [-0.4, -0.2) is 49.1 Å². The fraction of sp³-hybridized carbons (Fsp3) is 0.600. The quantitative estimate of drug-likeness (QED) is 0.905. The molecule has 1 fully saturated rings. The summed E-state index contributed by atoms with van der Waals surface area (Å²) >= 11 is 0. The lowest BCUT2D eigenvalue weighted by molar-refractivity contribution is 0.534. The summed E-state index contributed by atoms with van der Waals surface area (Å²) in [4.78, 5) is 13.6. The molecule has 108 valence electrons. The van der Waals surface area contributed by atoms with Crippen molar-refractivity contribution >= 4 is 11.8 Å². The third-order valence-electron chi connectivity index (χ3n) is 4.00. The highest BCUT2D eigenvalue weighted by atomic mass is 15.3. The number of aromatic nitrogens is 1. The maximum atomic E-state index is 4.60. The molecule has 3 heterocycles.